The number of benzene rings is 1. The summed E-state index contributed by atoms with van der Waals surface area (Å²) < 4.78 is 5.53. The van der Waals surface area contributed by atoms with Gasteiger partial charge in [-0.3, -0.25) is 0 Å². The first kappa shape index (κ1) is 15.6. The Kier molecular flexibility index (Phi) is 4.92. The molecule has 1 heterocycles. The molecule has 0 unspecified atom stereocenters. The highest BCUT2D eigenvalue weighted by Crippen LogP contribution is 2.31. The third-order valence-electron chi connectivity index (χ3n) is 3.48. The molecule has 2 amide bonds. The number of urea groups is 1. The summed E-state index contributed by atoms with van der Waals surface area (Å²) in [4.78, 5) is 11.7. The highest BCUT2D eigenvalue weighted by atomic mass is 35.5. The lowest BCUT2D eigenvalue weighted by atomic mass is 10.3. The number of rotatable bonds is 6. The molecule has 1 aromatic carbocycles. The minimum Gasteiger partial charge on any atom is -0.438 e. The van der Waals surface area contributed by atoms with Crippen LogP contribution in [0.25, 0.3) is 0 Å². The van der Waals surface area contributed by atoms with Crippen LogP contribution in [0.5, 0.6) is 11.6 Å². The first-order valence-electron chi connectivity index (χ1n) is 7.51. The molecule has 0 atom stereocenters. The van der Waals surface area contributed by atoms with Crippen LogP contribution >= 0.6 is 11.6 Å². The molecule has 0 aliphatic heterocycles. The van der Waals surface area contributed by atoms with Gasteiger partial charge in [-0.2, -0.15) is 0 Å². The van der Waals surface area contributed by atoms with Crippen molar-refractivity contribution in [1.82, 2.24) is 15.5 Å². The molecule has 7 heteroatoms. The van der Waals surface area contributed by atoms with Crippen LogP contribution in [-0.4, -0.2) is 22.8 Å². The van der Waals surface area contributed by atoms with Gasteiger partial charge in [0.2, 0.25) is 5.88 Å². The molecule has 23 heavy (non-hydrogen) atoms. The smallest absolute Gasteiger partial charge is 0.319 e. The number of carbonyl (C=O) groups is 1. The molecular weight excluding hydrogens is 316 g/mol. The fourth-order valence-corrected chi connectivity index (χ4v) is 2.16. The zero-order valence-corrected chi connectivity index (χ0v) is 13.2. The van der Waals surface area contributed by atoms with Crippen LogP contribution in [0.1, 0.15) is 19.3 Å². The molecule has 0 saturated heterocycles. The van der Waals surface area contributed by atoms with E-state index < -0.39 is 0 Å². The summed E-state index contributed by atoms with van der Waals surface area (Å²) in [6.45, 7) is 0.715. The summed E-state index contributed by atoms with van der Waals surface area (Å²) in [6.07, 6.45) is 3.65. The van der Waals surface area contributed by atoms with Crippen LogP contribution in [0, 0.1) is 5.92 Å². The lowest BCUT2D eigenvalue weighted by Crippen LogP contribution is -2.29. The van der Waals surface area contributed by atoms with E-state index in [0.717, 1.165) is 12.3 Å². The third kappa shape index (κ3) is 5.10. The number of aromatic nitrogens is 2. The number of nitrogens with one attached hydrogen (secondary N) is 2. The van der Waals surface area contributed by atoms with Crippen LogP contribution < -0.4 is 15.4 Å². The molecule has 120 valence electrons. The van der Waals surface area contributed by atoms with E-state index in [2.05, 4.69) is 20.8 Å². The predicted molar refractivity (Wildman–Crippen MR) is 87.9 cm³/mol. The van der Waals surface area contributed by atoms with Gasteiger partial charge in [0, 0.05) is 18.3 Å². The molecule has 1 aromatic heterocycles. The van der Waals surface area contributed by atoms with E-state index in [9.17, 15) is 4.79 Å². The van der Waals surface area contributed by atoms with Crippen molar-refractivity contribution in [3.8, 4) is 11.6 Å². The van der Waals surface area contributed by atoms with Gasteiger partial charge in [0.25, 0.3) is 0 Å². The average molecular weight is 333 g/mol. The van der Waals surface area contributed by atoms with Gasteiger partial charge in [0.05, 0.1) is 0 Å². The maximum atomic E-state index is 11.7. The number of hydrogen-bond donors (Lipinski definition) is 2. The van der Waals surface area contributed by atoms with Gasteiger partial charge < -0.3 is 15.4 Å². The Morgan fingerprint density at radius 2 is 1.96 bits per heavy atom. The average Bonchev–Trinajstić information content (AvgIpc) is 3.36. The number of amides is 2. The molecule has 0 spiro atoms. The molecule has 1 fully saturated rings. The Labute approximate surface area is 139 Å². The summed E-state index contributed by atoms with van der Waals surface area (Å²) in [5, 5.41) is 13.5. The second-order valence-electron chi connectivity index (χ2n) is 5.43. The van der Waals surface area contributed by atoms with Crippen LogP contribution in [0.15, 0.2) is 36.4 Å². The zero-order valence-electron chi connectivity index (χ0n) is 12.5. The van der Waals surface area contributed by atoms with Gasteiger partial charge in [-0.1, -0.05) is 24.4 Å². The van der Waals surface area contributed by atoms with Crippen molar-refractivity contribution in [3.05, 3.63) is 41.6 Å². The number of nitrogens with zero attached hydrogens (tertiary/aromatic N) is 2. The van der Waals surface area contributed by atoms with Crippen LogP contribution in [0.2, 0.25) is 5.15 Å². The molecule has 1 aliphatic carbocycles. The molecule has 0 bridgehead atoms. The van der Waals surface area contributed by atoms with Gasteiger partial charge in [-0.05, 0) is 42.7 Å². The lowest BCUT2D eigenvalue weighted by Gasteiger charge is -2.08. The predicted octanol–water partition coefficient (Wildman–Crippen LogP) is 3.84. The maximum absolute atomic E-state index is 11.7. The van der Waals surface area contributed by atoms with Crippen LogP contribution in [-0.2, 0) is 0 Å². The van der Waals surface area contributed by atoms with Crippen LogP contribution in [0.3, 0.4) is 0 Å². The van der Waals surface area contributed by atoms with Crippen molar-refractivity contribution < 1.29 is 9.53 Å². The van der Waals surface area contributed by atoms with Crippen molar-refractivity contribution in [2.75, 3.05) is 11.9 Å². The molecule has 1 aliphatic rings. The van der Waals surface area contributed by atoms with Gasteiger partial charge in [-0.25, -0.2) is 4.79 Å². The summed E-state index contributed by atoms with van der Waals surface area (Å²) in [5.74, 6) is 1.76. The number of ether oxygens (including phenoxy) is 1. The first-order chi connectivity index (χ1) is 11.2. The van der Waals surface area contributed by atoms with Gasteiger partial charge in [0.1, 0.15) is 5.75 Å². The second-order valence-corrected chi connectivity index (χ2v) is 5.82. The quantitative estimate of drug-likeness (QED) is 0.842. The number of hydrogen-bond acceptors (Lipinski definition) is 4. The zero-order chi connectivity index (χ0) is 16.1. The van der Waals surface area contributed by atoms with Crippen LogP contribution in [0.4, 0.5) is 10.5 Å². The lowest BCUT2D eigenvalue weighted by molar-refractivity contribution is 0.252. The SMILES string of the molecule is O=C(NCCC1CC1)Nc1ccc(Oc2ccc(Cl)nn2)cc1. The normalized spacial score (nSPS) is 13.4. The first-order valence-corrected chi connectivity index (χ1v) is 7.89. The highest BCUT2D eigenvalue weighted by Gasteiger charge is 2.20. The van der Waals surface area contributed by atoms with E-state index in [4.69, 9.17) is 16.3 Å². The summed E-state index contributed by atoms with van der Waals surface area (Å²) in [7, 11) is 0. The Bertz CT molecular complexity index is 657. The third-order valence-corrected chi connectivity index (χ3v) is 3.68. The molecule has 6 nitrogen and oxygen atoms in total. The van der Waals surface area contributed by atoms with E-state index in [1.165, 1.54) is 12.8 Å². The fraction of sp³-hybridized carbons (Fsp3) is 0.312. The molecule has 1 saturated carbocycles. The Balaban J connectivity index is 1.47. The summed E-state index contributed by atoms with van der Waals surface area (Å²) in [5.41, 5.74) is 0.698. The molecule has 0 radical (unpaired) electrons. The van der Waals surface area contributed by atoms with Gasteiger partial charge >= 0.3 is 6.03 Å². The minimum atomic E-state index is -0.192. The topological polar surface area (TPSA) is 76.1 Å². The van der Waals surface area contributed by atoms with E-state index in [1.807, 2.05) is 0 Å². The fourth-order valence-electron chi connectivity index (χ4n) is 2.06. The molecule has 3 rings (SSSR count). The minimum absolute atomic E-state index is 0.192. The summed E-state index contributed by atoms with van der Waals surface area (Å²) in [6, 6.07) is 10.1. The number of carbonyl (C=O) groups excluding carboxylic acids is 1. The number of anilines is 1. The van der Waals surface area contributed by atoms with Crippen molar-refractivity contribution in [2.24, 2.45) is 5.92 Å². The van der Waals surface area contributed by atoms with Gasteiger partial charge in [0.15, 0.2) is 5.15 Å². The Hall–Kier alpha value is -2.34. The van der Waals surface area contributed by atoms with Crippen molar-refractivity contribution in [1.29, 1.82) is 0 Å². The van der Waals surface area contributed by atoms with Gasteiger partial charge in [-0.15, -0.1) is 10.2 Å². The molecule has 2 N–H and O–H groups in total. The molecule has 2 aromatic rings. The maximum Gasteiger partial charge on any atom is 0.319 e. The van der Waals surface area contributed by atoms with Crippen molar-refractivity contribution in [3.63, 3.8) is 0 Å². The Morgan fingerprint density at radius 1 is 1.17 bits per heavy atom. The van der Waals surface area contributed by atoms with E-state index >= 15 is 0 Å². The molecular formula is C16H17ClN4O2. The highest BCUT2D eigenvalue weighted by molar-refractivity contribution is 6.29. The van der Waals surface area contributed by atoms with Crippen molar-refractivity contribution in [2.45, 2.75) is 19.3 Å². The monoisotopic (exact) mass is 332 g/mol. The standard InChI is InChI=1S/C16H17ClN4O2/c17-14-7-8-15(21-20-14)23-13-5-3-12(4-6-13)19-16(22)18-10-9-11-1-2-11/h3-8,11H,1-2,9-10H2,(H2,18,19,22). The summed E-state index contributed by atoms with van der Waals surface area (Å²) >= 11 is 5.67. The van der Waals surface area contributed by atoms with E-state index in [-0.39, 0.29) is 6.03 Å². The van der Waals surface area contributed by atoms with E-state index in [0.29, 0.717) is 29.0 Å². The largest absolute Gasteiger partial charge is 0.438 e. The second kappa shape index (κ2) is 7.28. The Morgan fingerprint density at radius 3 is 2.61 bits per heavy atom. The van der Waals surface area contributed by atoms with Crippen molar-refractivity contribution >= 4 is 23.3 Å². The van der Waals surface area contributed by atoms with E-state index in [1.54, 1.807) is 36.4 Å². The number of halogens is 1.